The molecule has 2 fully saturated rings. The van der Waals surface area contributed by atoms with Gasteiger partial charge >= 0.3 is 17.7 Å². The highest BCUT2D eigenvalue weighted by Gasteiger charge is 2.34. The van der Waals surface area contributed by atoms with Crippen molar-refractivity contribution in [2.24, 2.45) is 0 Å². The Morgan fingerprint density at radius 1 is 1.03 bits per heavy atom. The highest BCUT2D eigenvalue weighted by Crippen LogP contribution is 2.32. The number of para-hydroxylation sites is 1. The summed E-state index contributed by atoms with van der Waals surface area (Å²) in [6.07, 6.45) is -5.33. The molecule has 2 aromatic rings. The lowest BCUT2D eigenvalue weighted by atomic mass is 10.1. The Morgan fingerprint density at radius 2 is 1.68 bits per heavy atom. The number of Topliss-reactive ketones (excluding diaryl/α,β-unsaturated/α-hetero) is 1. The van der Waals surface area contributed by atoms with Crippen LogP contribution in [0.5, 0.6) is 0 Å². The quantitative estimate of drug-likeness (QED) is 0.488. The molecule has 14 heteroatoms. The Labute approximate surface area is 213 Å². The number of anilines is 3. The molecule has 37 heavy (non-hydrogen) atoms. The standard InChI is InChI=1S/C23H23F4N3O4.O2S/c24-18-12-16(29-14-17(34-23(29)32)6-7-20(31)22(26)27)13-19(25)21(18)28-8-9-30(33-11-10-28)15-4-2-1-3-5-15;1-3-2/h1-5,12-13,17,22H,6-11,14H2;/t17-;/m0./s1. The van der Waals surface area contributed by atoms with Crippen molar-refractivity contribution in [3.8, 4) is 0 Å². The highest BCUT2D eigenvalue weighted by atomic mass is 32.1. The zero-order chi connectivity index (χ0) is 26.9. The number of ketones is 1. The van der Waals surface area contributed by atoms with Crippen molar-refractivity contribution in [2.75, 3.05) is 47.6 Å². The van der Waals surface area contributed by atoms with Crippen molar-refractivity contribution in [1.82, 2.24) is 0 Å². The van der Waals surface area contributed by atoms with Crippen LogP contribution in [0.25, 0.3) is 0 Å². The van der Waals surface area contributed by atoms with Gasteiger partial charge in [-0.2, -0.15) is 8.42 Å². The smallest absolute Gasteiger partial charge is 0.414 e. The topological polar surface area (TPSA) is 96.5 Å². The van der Waals surface area contributed by atoms with E-state index in [0.717, 1.165) is 22.7 Å². The van der Waals surface area contributed by atoms with Crippen LogP contribution < -0.4 is 14.9 Å². The van der Waals surface area contributed by atoms with E-state index >= 15 is 8.78 Å². The summed E-state index contributed by atoms with van der Waals surface area (Å²) in [6, 6.07) is 11.4. The summed E-state index contributed by atoms with van der Waals surface area (Å²) in [5.74, 6) is -2.96. The van der Waals surface area contributed by atoms with Crippen molar-refractivity contribution in [3.05, 3.63) is 54.1 Å². The van der Waals surface area contributed by atoms with Crippen LogP contribution in [0, 0.1) is 11.6 Å². The van der Waals surface area contributed by atoms with Crippen LogP contribution in [0.1, 0.15) is 12.8 Å². The molecule has 0 unspecified atom stereocenters. The maximum Gasteiger partial charge on any atom is 0.414 e. The number of carbonyl (C=O) groups is 2. The summed E-state index contributed by atoms with van der Waals surface area (Å²) in [4.78, 5) is 31.6. The van der Waals surface area contributed by atoms with E-state index in [2.05, 4.69) is 0 Å². The largest absolute Gasteiger partial charge is 0.444 e. The number of cyclic esters (lactones) is 1. The Bertz CT molecular complexity index is 1110. The first-order valence-corrected chi connectivity index (χ1v) is 11.8. The van der Waals surface area contributed by atoms with E-state index in [4.69, 9.17) is 18.0 Å². The van der Waals surface area contributed by atoms with Gasteiger partial charge in [0, 0.05) is 31.6 Å². The van der Waals surface area contributed by atoms with Crippen LogP contribution in [0.15, 0.2) is 42.5 Å². The third kappa shape index (κ3) is 7.26. The molecule has 2 aliphatic heterocycles. The van der Waals surface area contributed by atoms with Gasteiger partial charge in [0.2, 0.25) is 0 Å². The van der Waals surface area contributed by atoms with E-state index in [-0.39, 0.29) is 37.5 Å². The van der Waals surface area contributed by atoms with Crippen LogP contribution in [-0.2, 0) is 25.9 Å². The molecule has 0 radical (unpaired) electrons. The predicted molar refractivity (Wildman–Crippen MR) is 125 cm³/mol. The lowest BCUT2D eigenvalue weighted by Gasteiger charge is -2.25. The first-order chi connectivity index (χ1) is 17.7. The molecule has 2 aromatic carbocycles. The number of alkyl halides is 2. The fourth-order valence-corrected chi connectivity index (χ4v) is 3.98. The van der Waals surface area contributed by atoms with Crippen molar-refractivity contribution < 1.29 is 45.1 Å². The minimum absolute atomic E-state index is 0.0524. The molecule has 0 N–H and O–H groups in total. The Hall–Kier alpha value is -3.52. The Morgan fingerprint density at radius 3 is 2.30 bits per heavy atom. The van der Waals surface area contributed by atoms with Crippen molar-refractivity contribution in [2.45, 2.75) is 25.4 Å². The first-order valence-electron chi connectivity index (χ1n) is 11.2. The number of benzene rings is 2. The van der Waals surface area contributed by atoms with Crippen LogP contribution in [-0.4, -0.2) is 65.6 Å². The minimum Gasteiger partial charge on any atom is -0.444 e. The molecule has 1 amide bonds. The number of halogens is 4. The van der Waals surface area contributed by atoms with E-state index in [1.54, 1.807) is 9.96 Å². The number of hydroxylamine groups is 1. The number of amides is 1. The van der Waals surface area contributed by atoms with Gasteiger partial charge in [0.05, 0.1) is 31.1 Å². The first kappa shape index (κ1) is 28.1. The molecule has 0 saturated carbocycles. The summed E-state index contributed by atoms with van der Waals surface area (Å²) < 4.78 is 76.4. The molecule has 0 aromatic heterocycles. The molecule has 0 spiro atoms. The van der Waals surface area contributed by atoms with Crippen LogP contribution in [0.2, 0.25) is 0 Å². The molecule has 2 heterocycles. The monoisotopic (exact) mass is 545 g/mol. The molecular formula is C23H23F4N3O6S. The SMILES string of the molecule is O=C(CC[C@H]1CN(c2cc(F)c(N3CCON(c4ccccc4)CC3)c(F)c2)C(=O)O1)C(F)F.O=S=O. The Kier molecular flexibility index (Phi) is 9.97. The van der Waals surface area contributed by atoms with E-state index < -0.39 is 54.0 Å². The van der Waals surface area contributed by atoms with Gasteiger partial charge < -0.3 is 9.64 Å². The molecule has 2 aliphatic rings. The molecular weight excluding hydrogens is 522 g/mol. The summed E-state index contributed by atoms with van der Waals surface area (Å²) in [7, 11) is 0. The number of ether oxygens (including phenoxy) is 1. The van der Waals surface area contributed by atoms with E-state index in [9.17, 15) is 18.4 Å². The third-order valence-corrected chi connectivity index (χ3v) is 5.69. The second-order valence-corrected chi connectivity index (χ2v) is 8.14. The van der Waals surface area contributed by atoms with Crippen LogP contribution >= 0.6 is 0 Å². The number of hydrogen-bond donors (Lipinski definition) is 0. The highest BCUT2D eigenvalue weighted by molar-refractivity contribution is 7.51. The number of rotatable bonds is 7. The number of hydrogen-bond acceptors (Lipinski definition) is 8. The Balaban J connectivity index is 0.00000121. The van der Waals surface area contributed by atoms with Gasteiger partial charge in [-0.25, -0.2) is 22.4 Å². The van der Waals surface area contributed by atoms with Gasteiger partial charge in [0.15, 0.2) is 17.4 Å². The third-order valence-electron chi connectivity index (χ3n) is 5.69. The van der Waals surface area contributed by atoms with Gasteiger partial charge in [0.25, 0.3) is 6.43 Å². The number of nitrogens with zero attached hydrogens (tertiary/aromatic N) is 3. The molecule has 200 valence electrons. The lowest BCUT2D eigenvalue weighted by molar-refractivity contribution is -0.129. The van der Waals surface area contributed by atoms with Gasteiger partial charge in [-0.1, -0.05) is 18.2 Å². The minimum atomic E-state index is -3.09. The van der Waals surface area contributed by atoms with Gasteiger partial charge in [0.1, 0.15) is 11.8 Å². The summed E-state index contributed by atoms with van der Waals surface area (Å²) in [5.41, 5.74) is 0.551. The maximum absolute atomic E-state index is 15.0. The zero-order valence-corrected chi connectivity index (χ0v) is 20.2. The van der Waals surface area contributed by atoms with Crippen molar-refractivity contribution in [3.63, 3.8) is 0 Å². The van der Waals surface area contributed by atoms with Crippen LogP contribution in [0.3, 0.4) is 0 Å². The lowest BCUT2D eigenvalue weighted by Crippen LogP contribution is -2.32. The summed E-state index contributed by atoms with van der Waals surface area (Å²) >= 11 is -0.750. The fraction of sp³-hybridized carbons (Fsp3) is 0.391. The maximum atomic E-state index is 15.0. The van der Waals surface area contributed by atoms with Crippen molar-refractivity contribution in [1.29, 1.82) is 0 Å². The summed E-state index contributed by atoms with van der Waals surface area (Å²) in [6.45, 7) is 1.04. The predicted octanol–water partition coefficient (Wildman–Crippen LogP) is 3.49. The second-order valence-electron chi connectivity index (χ2n) is 8.01. The molecule has 1 atom stereocenters. The van der Waals surface area contributed by atoms with Gasteiger partial charge in [-0.05, 0) is 18.6 Å². The van der Waals surface area contributed by atoms with Crippen LogP contribution in [0.4, 0.5) is 39.4 Å². The van der Waals surface area contributed by atoms with Gasteiger partial charge in [-0.15, -0.1) is 0 Å². The average Bonchev–Trinajstić information content (AvgIpc) is 3.07. The molecule has 9 nitrogen and oxygen atoms in total. The molecule has 4 rings (SSSR count). The molecule has 2 saturated heterocycles. The number of carbonyl (C=O) groups excluding carboxylic acids is 2. The van der Waals surface area contributed by atoms with E-state index in [1.165, 1.54) is 0 Å². The normalized spacial score (nSPS) is 17.7. The van der Waals surface area contributed by atoms with E-state index in [0.29, 0.717) is 13.1 Å². The molecule has 0 aliphatic carbocycles. The van der Waals surface area contributed by atoms with E-state index in [1.807, 2.05) is 30.3 Å². The van der Waals surface area contributed by atoms with Crippen molar-refractivity contribution >= 4 is 40.5 Å². The average molecular weight is 546 g/mol. The summed E-state index contributed by atoms with van der Waals surface area (Å²) in [5, 5.41) is 1.67. The van der Waals surface area contributed by atoms with Gasteiger partial charge in [-0.3, -0.25) is 19.6 Å². The fourth-order valence-electron chi connectivity index (χ4n) is 3.98. The molecule has 0 bridgehead atoms. The zero-order valence-electron chi connectivity index (χ0n) is 19.4. The second kappa shape index (κ2) is 13.1.